The van der Waals surface area contributed by atoms with Crippen LogP contribution in [0.25, 0.3) is 0 Å². The van der Waals surface area contributed by atoms with Crippen LogP contribution in [0.5, 0.6) is 11.5 Å². The van der Waals surface area contributed by atoms with E-state index >= 15 is 0 Å². The average Bonchev–Trinajstić information content (AvgIpc) is 2.98. The molecule has 1 heterocycles. The highest BCUT2D eigenvalue weighted by Crippen LogP contribution is 2.32. The molecule has 0 radical (unpaired) electrons. The molecule has 0 atom stereocenters. The van der Waals surface area contributed by atoms with Crippen molar-refractivity contribution in [3.63, 3.8) is 0 Å². The van der Waals surface area contributed by atoms with Crippen molar-refractivity contribution < 1.29 is 9.47 Å². The number of benzene rings is 1. The maximum Gasteiger partial charge on any atom is 0.193 e. The maximum atomic E-state index is 6.09. The van der Waals surface area contributed by atoms with Crippen molar-refractivity contribution in [3.05, 3.63) is 46.7 Å². The van der Waals surface area contributed by atoms with E-state index in [0.29, 0.717) is 13.1 Å². The van der Waals surface area contributed by atoms with Crippen LogP contribution in [0.1, 0.15) is 25.1 Å². The van der Waals surface area contributed by atoms with E-state index in [0.717, 1.165) is 33.7 Å². The molecule has 1 aromatic carbocycles. The number of aryl methyl sites for hydroxylation is 1. The Bertz CT molecular complexity index is 836. The second-order valence-electron chi connectivity index (χ2n) is 7.47. The predicted octanol–water partition coefficient (Wildman–Crippen LogP) is 4.30. The molecular weight excluding hydrogens is 503 g/mol. The van der Waals surface area contributed by atoms with E-state index in [2.05, 4.69) is 35.1 Å². The molecule has 0 unspecified atom stereocenters. The molecule has 0 spiro atoms. The van der Waals surface area contributed by atoms with E-state index in [-0.39, 0.29) is 29.4 Å². The summed E-state index contributed by atoms with van der Waals surface area (Å²) < 4.78 is 12.8. The van der Waals surface area contributed by atoms with E-state index in [1.807, 2.05) is 43.1 Å². The fraction of sp³-hybridized carbons (Fsp3) is 0.476. The zero-order valence-electron chi connectivity index (χ0n) is 18.2. The van der Waals surface area contributed by atoms with Gasteiger partial charge in [-0.25, -0.2) is 0 Å². The van der Waals surface area contributed by atoms with Crippen molar-refractivity contribution in [2.45, 2.75) is 25.8 Å². The van der Waals surface area contributed by atoms with Crippen molar-refractivity contribution in [1.29, 1.82) is 0 Å². The smallest absolute Gasteiger partial charge is 0.193 e. The number of hydrogen-bond acceptors (Lipinski definition) is 3. The van der Waals surface area contributed by atoms with Crippen LogP contribution in [0.2, 0.25) is 5.02 Å². The normalized spacial score (nSPS) is 11.7. The zero-order valence-corrected chi connectivity index (χ0v) is 21.3. The average molecular weight is 535 g/mol. The highest BCUT2D eigenvalue weighted by molar-refractivity contribution is 14.0. The van der Waals surface area contributed by atoms with E-state index in [4.69, 9.17) is 21.1 Å². The summed E-state index contributed by atoms with van der Waals surface area (Å²) in [4.78, 5) is 6.50. The molecule has 162 valence electrons. The number of rotatable bonds is 7. The van der Waals surface area contributed by atoms with Crippen LogP contribution in [0.4, 0.5) is 0 Å². The summed E-state index contributed by atoms with van der Waals surface area (Å²) in [6, 6.07) is 8.01. The summed E-state index contributed by atoms with van der Waals surface area (Å²) in [5.74, 6) is 2.29. The number of halogens is 2. The van der Waals surface area contributed by atoms with E-state index in [9.17, 15) is 0 Å². The monoisotopic (exact) mass is 534 g/mol. The number of hydrogen-bond donors (Lipinski definition) is 1. The van der Waals surface area contributed by atoms with Crippen LogP contribution in [0, 0.1) is 0 Å². The van der Waals surface area contributed by atoms with Crippen molar-refractivity contribution in [2.75, 3.05) is 34.9 Å². The van der Waals surface area contributed by atoms with Gasteiger partial charge >= 0.3 is 0 Å². The molecule has 6 nitrogen and oxygen atoms in total. The van der Waals surface area contributed by atoms with Gasteiger partial charge in [-0.2, -0.15) is 0 Å². The minimum Gasteiger partial charge on any atom is -0.493 e. The quantitative estimate of drug-likeness (QED) is 0.327. The van der Waals surface area contributed by atoms with Crippen molar-refractivity contribution in [3.8, 4) is 11.5 Å². The summed E-state index contributed by atoms with van der Waals surface area (Å²) in [5.41, 5.74) is 2.14. The summed E-state index contributed by atoms with van der Waals surface area (Å²) in [6.45, 7) is 5.80. The number of nitrogens with one attached hydrogen (secondary N) is 1. The number of nitrogens with zero attached hydrogens (tertiary/aromatic N) is 3. The Kier molecular flexibility index (Phi) is 9.61. The minimum atomic E-state index is -0.134. The highest BCUT2D eigenvalue weighted by Gasteiger charge is 2.23. The maximum absolute atomic E-state index is 6.09. The molecule has 0 aliphatic carbocycles. The molecule has 0 saturated carbocycles. The molecule has 0 aliphatic heterocycles. The number of methoxy groups -OCH3 is 2. The second kappa shape index (κ2) is 11.0. The molecule has 29 heavy (non-hydrogen) atoms. The van der Waals surface area contributed by atoms with Gasteiger partial charge in [0.25, 0.3) is 0 Å². The molecule has 2 aromatic rings. The van der Waals surface area contributed by atoms with Gasteiger partial charge < -0.3 is 24.3 Å². The molecule has 0 bridgehead atoms. The second-order valence-corrected chi connectivity index (χ2v) is 7.91. The van der Waals surface area contributed by atoms with Gasteiger partial charge in [-0.15, -0.1) is 24.0 Å². The van der Waals surface area contributed by atoms with Gasteiger partial charge in [0.05, 0.1) is 25.8 Å². The summed E-state index contributed by atoms with van der Waals surface area (Å²) in [7, 11) is 9.09. The Morgan fingerprint density at radius 2 is 1.86 bits per heavy atom. The summed E-state index contributed by atoms with van der Waals surface area (Å²) >= 11 is 6.09. The standard InChI is InChI=1S/C21H31ClN4O2.HI/c1-21(2,15-8-9-18(27-6)19(10-15)28-7)14-24-20(23-3)26(5)13-17-11-16(22)12-25(17)4;/h8-12H,13-14H2,1-7H3,(H,23,24);1H. The minimum absolute atomic E-state index is 0. The van der Waals surface area contributed by atoms with Crippen LogP contribution < -0.4 is 14.8 Å². The van der Waals surface area contributed by atoms with Crippen molar-refractivity contribution >= 4 is 41.5 Å². The van der Waals surface area contributed by atoms with E-state index in [1.54, 1.807) is 21.3 Å². The third-order valence-corrected chi connectivity index (χ3v) is 5.11. The first-order valence-corrected chi connectivity index (χ1v) is 9.54. The summed E-state index contributed by atoms with van der Waals surface area (Å²) in [6.07, 6.45) is 1.90. The molecule has 0 saturated heterocycles. The van der Waals surface area contributed by atoms with Crippen LogP contribution in [-0.2, 0) is 19.0 Å². The van der Waals surface area contributed by atoms with Crippen LogP contribution >= 0.6 is 35.6 Å². The molecule has 0 fully saturated rings. The highest BCUT2D eigenvalue weighted by atomic mass is 127. The SMILES string of the molecule is CN=C(NCC(C)(C)c1ccc(OC)c(OC)c1)N(C)Cc1cc(Cl)cn1C.I. The van der Waals surface area contributed by atoms with Gasteiger partial charge in [0.2, 0.25) is 0 Å². The zero-order chi connectivity index (χ0) is 20.9. The first-order chi connectivity index (χ1) is 13.2. The van der Waals surface area contributed by atoms with Crippen LogP contribution in [0.3, 0.4) is 0 Å². The largest absolute Gasteiger partial charge is 0.493 e. The molecule has 1 N–H and O–H groups in total. The summed E-state index contributed by atoms with van der Waals surface area (Å²) in [5, 5.41) is 4.22. The van der Waals surface area contributed by atoms with Gasteiger partial charge in [-0.05, 0) is 23.8 Å². The number of ether oxygens (including phenoxy) is 2. The predicted molar refractivity (Wildman–Crippen MR) is 131 cm³/mol. The van der Waals surface area contributed by atoms with Gasteiger partial charge in [0.15, 0.2) is 17.5 Å². The Balaban J connectivity index is 0.00000420. The Morgan fingerprint density at radius 3 is 2.38 bits per heavy atom. The van der Waals surface area contributed by atoms with E-state index in [1.165, 1.54) is 0 Å². The Labute approximate surface area is 196 Å². The Morgan fingerprint density at radius 1 is 1.21 bits per heavy atom. The lowest BCUT2D eigenvalue weighted by atomic mass is 9.84. The lowest BCUT2D eigenvalue weighted by Gasteiger charge is -2.30. The molecular formula is C21H32ClIN4O2. The van der Waals surface area contributed by atoms with E-state index < -0.39 is 0 Å². The molecule has 8 heteroatoms. The number of guanidine groups is 1. The lowest BCUT2D eigenvalue weighted by Crippen LogP contribution is -2.44. The third-order valence-electron chi connectivity index (χ3n) is 4.90. The van der Waals surface area contributed by atoms with Gasteiger partial charge in [0, 0.05) is 45.0 Å². The number of aliphatic imine (C=N–C) groups is 1. The van der Waals surface area contributed by atoms with Crippen molar-refractivity contribution in [2.24, 2.45) is 12.0 Å². The molecule has 1 aromatic heterocycles. The topological polar surface area (TPSA) is 51.0 Å². The first-order valence-electron chi connectivity index (χ1n) is 9.17. The van der Waals surface area contributed by atoms with Gasteiger partial charge in [0.1, 0.15) is 0 Å². The van der Waals surface area contributed by atoms with Crippen LogP contribution in [0.15, 0.2) is 35.5 Å². The van der Waals surface area contributed by atoms with Crippen LogP contribution in [-0.4, -0.2) is 50.3 Å². The third kappa shape index (κ3) is 6.44. The van der Waals surface area contributed by atoms with Gasteiger partial charge in [-0.3, -0.25) is 4.99 Å². The fourth-order valence-electron chi connectivity index (χ4n) is 3.09. The fourth-order valence-corrected chi connectivity index (χ4v) is 3.36. The van der Waals surface area contributed by atoms with Gasteiger partial charge in [-0.1, -0.05) is 31.5 Å². The molecule has 2 rings (SSSR count). The number of aromatic nitrogens is 1. The molecule has 0 amide bonds. The van der Waals surface area contributed by atoms with Crippen molar-refractivity contribution in [1.82, 2.24) is 14.8 Å². The Hall–Kier alpha value is -1.61. The lowest BCUT2D eigenvalue weighted by molar-refractivity contribution is 0.353. The molecule has 0 aliphatic rings. The first kappa shape index (κ1) is 25.4.